The van der Waals surface area contributed by atoms with Gasteiger partial charge in [0.25, 0.3) is 5.91 Å². The van der Waals surface area contributed by atoms with Crippen molar-refractivity contribution in [3.8, 4) is 5.75 Å². The summed E-state index contributed by atoms with van der Waals surface area (Å²) in [6.45, 7) is 3.12. The molecule has 0 unspecified atom stereocenters. The maximum Gasteiger partial charge on any atom is 0.268 e. The smallest absolute Gasteiger partial charge is 0.268 e. The molecule has 1 aliphatic rings. The third-order valence-corrected chi connectivity index (χ3v) is 4.59. The first kappa shape index (κ1) is 15.1. The number of carbonyl (C=O) groups excluding carboxylic acids is 1. The van der Waals surface area contributed by atoms with Crippen molar-refractivity contribution in [3.05, 3.63) is 64.8 Å². The van der Waals surface area contributed by atoms with E-state index in [1.807, 2.05) is 60.0 Å². The first-order chi connectivity index (χ1) is 11.6. The molecule has 1 atom stereocenters. The number of ether oxygens (including phenoxy) is 1. The fraction of sp³-hybridized carbons (Fsp3) is 0.211. The zero-order chi connectivity index (χ0) is 16.7. The third-order valence-electron chi connectivity index (χ3n) is 4.26. The second kappa shape index (κ2) is 5.87. The van der Waals surface area contributed by atoms with Crippen molar-refractivity contribution in [1.82, 2.24) is 9.88 Å². The Balaban J connectivity index is 1.69. The standard InChI is InChI=1S/C19H17ClN2O2/c1-12-11-22-16(19(23)21-10-13-5-3-2-4-6-13)9-14-15(20)7-8-17(24-12)18(14)22/h2-9,12H,10-11H2,1H3,(H,21,23)/t12-/m1/s1. The molecule has 4 nitrogen and oxygen atoms in total. The Morgan fingerprint density at radius 2 is 2.08 bits per heavy atom. The second-order valence-electron chi connectivity index (χ2n) is 6.04. The summed E-state index contributed by atoms with van der Waals surface area (Å²) in [4.78, 5) is 12.7. The van der Waals surface area contributed by atoms with Crippen molar-refractivity contribution >= 4 is 28.4 Å². The van der Waals surface area contributed by atoms with Gasteiger partial charge in [-0.15, -0.1) is 0 Å². The molecule has 24 heavy (non-hydrogen) atoms. The number of carbonyl (C=O) groups is 1. The topological polar surface area (TPSA) is 43.3 Å². The number of halogens is 1. The summed E-state index contributed by atoms with van der Waals surface area (Å²) in [7, 11) is 0. The van der Waals surface area contributed by atoms with Gasteiger partial charge in [0.2, 0.25) is 0 Å². The molecule has 1 amide bonds. The molecule has 122 valence electrons. The Morgan fingerprint density at radius 1 is 1.29 bits per heavy atom. The van der Waals surface area contributed by atoms with Gasteiger partial charge in [0.15, 0.2) is 0 Å². The molecule has 0 bridgehead atoms. The highest BCUT2D eigenvalue weighted by Crippen LogP contribution is 2.37. The second-order valence-corrected chi connectivity index (χ2v) is 6.45. The molecule has 5 heteroatoms. The normalized spacial score (nSPS) is 16.0. The minimum Gasteiger partial charge on any atom is -0.487 e. The van der Waals surface area contributed by atoms with Crippen molar-refractivity contribution in [1.29, 1.82) is 0 Å². The molecule has 0 radical (unpaired) electrons. The predicted molar refractivity (Wildman–Crippen MR) is 94.7 cm³/mol. The maximum absolute atomic E-state index is 12.7. The summed E-state index contributed by atoms with van der Waals surface area (Å²) >= 11 is 6.31. The van der Waals surface area contributed by atoms with E-state index in [-0.39, 0.29) is 12.0 Å². The number of amides is 1. The lowest BCUT2D eigenvalue weighted by molar-refractivity contribution is 0.0937. The van der Waals surface area contributed by atoms with Crippen molar-refractivity contribution in [3.63, 3.8) is 0 Å². The highest BCUT2D eigenvalue weighted by atomic mass is 35.5. The molecule has 0 aliphatic carbocycles. The van der Waals surface area contributed by atoms with Crippen LogP contribution in [0.25, 0.3) is 10.9 Å². The van der Waals surface area contributed by atoms with E-state index in [2.05, 4.69) is 5.32 Å². The van der Waals surface area contributed by atoms with E-state index in [1.165, 1.54) is 0 Å². The quantitative estimate of drug-likeness (QED) is 0.783. The van der Waals surface area contributed by atoms with Crippen LogP contribution in [0, 0.1) is 0 Å². The number of rotatable bonds is 3. The highest BCUT2D eigenvalue weighted by molar-refractivity contribution is 6.36. The third kappa shape index (κ3) is 2.53. The molecule has 4 rings (SSSR count). The monoisotopic (exact) mass is 340 g/mol. The van der Waals surface area contributed by atoms with Gasteiger partial charge in [-0.1, -0.05) is 41.9 Å². The van der Waals surface area contributed by atoms with Crippen LogP contribution in [0.15, 0.2) is 48.5 Å². The van der Waals surface area contributed by atoms with Crippen LogP contribution in [0.5, 0.6) is 5.75 Å². The molecule has 1 aliphatic heterocycles. The van der Waals surface area contributed by atoms with Crippen LogP contribution in [-0.2, 0) is 13.1 Å². The zero-order valence-corrected chi connectivity index (χ0v) is 14.0. The first-order valence-electron chi connectivity index (χ1n) is 7.94. The van der Waals surface area contributed by atoms with Crippen LogP contribution < -0.4 is 10.1 Å². The molecular weight excluding hydrogens is 324 g/mol. The number of nitrogens with zero attached hydrogens (tertiary/aromatic N) is 1. The Bertz CT molecular complexity index is 918. The van der Waals surface area contributed by atoms with Crippen molar-refractivity contribution in [2.24, 2.45) is 0 Å². The summed E-state index contributed by atoms with van der Waals surface area (Å²) in [5.74, 6) is 0.668. The van der Waals surface area contributed by atoms with Gasteiger partial charge < -0.3 is 14.6 Å². The average Bonchev–Trinajstić information content (AvgIpc) is 2.97. The van der Waals surface area contributed by atoms with E-state index in [0.29, 0.717) is 23.8 Å². The van der Waals surface area contributed by atoms with E-state index in [1.54, 1.807) is 0 Å². The first-order valence-corrected chi connectivity index (χ1v) is 8.32. The molecule has 2 heterocycles. The molecule has 2 aromatic carbocycles. The van der Waals surface area contributed by atoms with Crippen molar-refractivity contribution in [2.45, 2.75) is 26.1 Å². The summed E-state index contributed by atoms with van der Waals surface area (Å²) in [6, 6.07) is 15.4. The minimum absolute atomic E-state index is 0.00921. The van der Waals surface area contributed by atoms with Crippen molar-refractivity contribution < 1.29 is 9.53 Å². The Hall–Kier alpha value is -2.46. The summed E-state index contributed by atoms with van der Waals surface area (Å²) in [6.07, 6.45) is 0.00921. The summed E-state index contributed by atoms with van der Waals surface area (Å²) < 4.78 is 7.88. The van der Waals surface area contributed by atoms with Gasteiger partial charge >= 0.3 is 0 Å². The van der Waals surface area contributed by atoms with Crippen LogP contribution in [0.4, 0.5) is 0 Å². The van der Waals surface area contributed by atoms with Crippen LogP contribution in [0.3, 0.4) is 0 Å². The minimum atomic E-state index is -0.105. The summed E-state index contributed by atoms with van der Waals surface area (Å²) in [5.41, 5.74) is 2.58. The molecule has 0 saturated carbocycles. The SMILES string of the molecule is C[C@@H]1Cn2c(C(=O)NCc3ccccc3)cc3c(Cl)ccc(c32)O1. The number of aromatic nitrogens is 1. The van der Waals surface area contributed by atoms with Gasteiger partial charge in [0, 0.05) is 11.9 Å². The maximum atomic E-state index is 12.7. The molecular formula is C19H17ClN2O2. The fourth-order valence-corrected chi connectivity index (χ4v) is 3.37. The Labute approximate surface area is 145 Å². The average molecular weight is 341 g/mol. The Kier molecular flexibility index (Phi) is 3.69. The largest absolute Gasteiger partial charge is 0.487 e. The van der Waals surface area contributed by atoms with E-state index in [0.717, 1.165) is 22.2 Å². The number of hydrogen-bond donors (Lipinski definition) is 1. The van der Waals surface area contributed by atoms with Gasteiger partial charge in [-0.2, -0.15) is 0 Å². The van der Waals surface area contributed by atoms with E-state index >= 15 is 0 Å². The molecule has 1 N–H and O–H groups in total. The van der Waals surface area contributed by atoms with Gasteiger partial charge in [0.1, 0.15) is 17.5 Å². The lowest BCUT2D eigenvalue weighted by Crippen LogP contribution is -2.30. The molecule has 0 spiro atoms. The van der Waals surface area contributed by atoms with Gasteiger partial charge in [-0.25, -0.2) is 0 Å². The van der Waals surface area contributed by atoms with Gasteiger partial charge in [-0.3, -0.25) is 4.79 Å². The number of hydrogen-bond acceptors (Lipinski definition) is 2. The molecule has 0 saturated heterocycles. The zero-order valence-electron chi connectivity index (χ0n) is 13.3. The van der Waals surface area contributed by atoms with Crippen LogP contribution in [-0.4, -0.2) is 16.6 Å². The summed E-state index contributed by atoms with van der Waals surface area (Å²) in [5, 5.41) is 4.47. The number of benzene rings is 2. The number of nitrogens with one attached hydrogen (secondary N) is 1. The molecule has 0 fully saturated rings. The van der Waals surface area contributed by atoms with Crippen molar-refractivity contribution in [2.75, 3.05) is 0 Å². The lowest BCUT2D eigenvalue weighted by Gasteiger charge is -2.24. The van der Waals surface area contributed by atoms with Gasteiger partial charge in [0.05, 0.1) is 17.1 Å². The van der Waals surface area contributed by atoms with E-state index < -0.39 is 0 Å². The highest BCUT2D eigenvalue weighted by Gasteiger charge is 2.25. The van der Waals surface area contributed by atoms with E-state index in [9.17, 15) is 4.79 Å². The molecule has 3 aromatic rings. The van der Waals surface area contributed by atoms with Crippen LogP contribution in [0.1, 0.15) is 23.0 Å². The Morgan fingerprint density at radius 3 is 2.88 bits per heavy atom. The lowest BCUT2D eigenvalue weighted by atomic mass is 10.2. The molecule has 1 aromatic heterocycles. The predicted octanol–water partition coefficient (Wildman–Crippen LogP) is 4.01. The van der Waals surface area contributed by atoms with Crippen LogP contribution in [0.2, 0.25) is 5.02 Å². The fourth-order valence-electron chi connectivity index (χ4n) is 3.17. The van der Waals surface area contributed by atoms with E-state index in [4.69, 9.17) is 16.3 Å². The van der Waals surface area contributed by atoms with Gasteiger partial charge in [-0.05, 0) is 30.7 Å². The van der Waals surface area contributed by atoms with Crippen LogP contribution >= 0.6 is 11.6 Å².